The Labute approximate surface area is 118 Å². The van der Waals surface area contributed by atoms with Crippen LogP contribution in [-0.2, 0) is 4.79 Å². The number of hydrogen-bond acceptors (Lipinski definition) is 3. The zero-order chi connectivity index (χ0) is 14.5. The number of carboxylic acid groups (broad SMARTS) is 1. The van der Waals surface area contributed by atoms with Gasteiger partial charge in [0, 0.05) is 18.7 Å². The molecule has 1 fully saturated rings. The molecule has 1 aromatic carbocycles. The molecular formula is C15H19NO4. The first kappa shape index (κ1) is 14.4. The molecule has 108 valence electrons. The zero-order valence-electron chi connectivity index (χ0n) is 11.5. The Bertz CT molecular complexity index is 494. The molecule has 20 heavy (non-hydrogen) atoms. The van der Waals surface area contributed by atoms with Gasteiger partial charge in [-0.2, -0.15) is 0 Å². The number of amides is 1. The number of carbonyl (C=O) groups excluding carboxylic acids is 1. The van der Waals surface area contributed by atoms with Gasteiger partial charge in [0.2, 0.25) is 0 Å². The standard InChI is InChI=1S/C15H19NO4/c1-11(15(18)19)20-13-7-5-6-12(10-13)14(17)16-8-3-2-4-9-16/h5-7,10-11H,2-4,8-9H2,1H3,(H,18,19). The van der Waals surface area contributed by atoms with E-state index in [1.807, 2.05) is 4.90 Å². The number of rotatable bonds is 4. The van der Waals surface area contributed by atoms with E-state index in [0.717, 1.165) is 25.9 Å². The van der Waals surface area contributed by atoms with Gasteiger partial charge in [0.25, 0.3) is 5.91 Å². The van der Waals surface area contributed by atoms with Crippen molar-refractivity contribution in [1.82, 2.24) is 4.90 Å². The highest BCUT2D eigenvalue weighted by Gasteiger charge is 2.19. The van der Waals surface area contributed by atoms with Gasteiger partial charge in [-0.15, -0.1) is 0 Å². The highest BCUT2D eigenvalue weighted by molar-refractivity contribution is 5.94. The average molecular weight is 277 g/mol. The lowest BCUT2D eigenvalue weighted by Crippen LogP contribution is -2.35. The first-order valence-electron chi connectivity index (χ1n) is 6.87. The van der Waals surface area contributed by atoms with Gasteiger partial charge in [-0.05, 0) is 44.4 Å². The lowest BCUT2D eigenvalue weighted by molar-refractivity contribution is -0.144. The van der Waals surface area contributed by atoms with Crippen molar-refractivity contribution in [2.75, 3.05) is 13.1 Å². The number of benzene rings is 1. The quantitative estimate of drug-likeness (QED) is 0.916. The maximum atomic E-state index is 12.3. The van der Waals surface area contributed by atoms with E-state index in [1.54, 1.807) is 24.3 Å². The van der Waals surface area contributed by atoms with Crippen LogP contribution >= 0.6 is 0 Å². The van der Waals surface area contributed by atoms with Crippen molar-refractivity contribution < 1.29 is 19.4 Å². The van der Waals surface area contributed by atoms with Crippen LogP contribution in [0.25, 0.3) is 0 Å². The molecule has 1 saturated heterocycles. The summed E-state index contributed by atoms with van der Waals surface area (Å²) in [4.78, 5) is 24.9. The van der Waals surface area contributed by atoms with Crippen molar-refractivity contribution in [3.63, 3.8) is 0 Å². The van der Waals surface area contributed by atoms with E-state index in [4.69, 9.17) is 9.84 Å². The summed E-state index contributed by atoms with van der Waals surface area (Å²) in [5, 5.41) is 8.83. The molecule has 0 radical (unpaired) electrons. The number of likely N-dealkylation sites (tertiary alicyclic amines) is 1. The average Bonchev–Trinajstić information content (AvgIpc) is 2.47. The number of aliphatic carboxylic acids is 1. The monoisotopic (exact) mass is 277 g/mol. The zero-order valence-corrected chi connectivity index (χ0v) is 11.5. The third-order valence-electron chi connectivity index (χ3n) is 3.38. The summed E-state index contributed by atoms with van der Waals surface area (Å²) in [7, 11) is 0. The Morgan fingerprint density at radius 1 is 1.25 bits per heavy atom. The topological polar surface area (TPSA) is 66.8 Å². The van der Waals surface area contributed by atoms with Crippen LogP contribution in [-0.4, -0.2) is 41.1 Å². The van der Waals surface area contributed by atoms with Gasteiger partial charge >= 0.3 is 5.97 Å². The van der Waals surface area contributed by atoms with Crippen LogP contribution in [0.1, 0.15) is 36.5 Å². The van der Waals surface area contributed by atoms with Gasteiger partial charge in [-0.25, -0.2) is 4.79 Å². The summed E-state index contributed by atoms with van der Waals surface area (Å²) < 4.78 is 5.28. The fraction of sp³-hybridized carbons (Fsp3) is 0.467. The normalized spacial score (nSPS) is 16.6. The minimum atomic E-state index is -1.03. The van der Waals surface area contributed by atoms with E-state index in [2.05, 4.69) is 0 Å². The molecule has 1 atom stereocenters. The third kappa shape index (κ3) is 3.50. The SMILES string of the molecule is CC(Oc1cccc(C(=O)N2CCCCC2)c1)C(=O)O. The molecule has 1 aliphatic rings. The third-order valence-corrected chi connectivity index (χ3v) is 3.38. The maximum Gasteiger partial charge on any atom is 0.344 e. The summed E-state index contributed by atoms with van der Waals surface area (Å²) in [5.41, 5.74) is 0.544. The molecule has 1 heterocycles. The molecule has 0 spiro atoms. The lowest BCUT2D eigenvalue weighted by Gasteiger charge is -2.26. The second kappa shape index (κ2) is 6.41. The molecule has 1 amide bonds. The van der Waals surface area contributed by atoms with Crippen LogP contribution < -0.4 is 4.74 Å². The van der Waals surface area contributed by atoms with E-state index in [0.29, 0.717) is 11.3 Å². The molecule has 1 N–H and O–H groups in total. The van der Waals surface area contributed by atoms with Crippen molar-refractivity contribution in [3.8, 4) is 5.75 Å². The number of piperidine rings is 1. The van der Waals surface area contributed by atoms with Gasteiger partial charge in [0.1, 0.15) is 5.75 Å². The number of nitrogens with zero attached hydrogens (tertiary/aromatic N) is 1. The Morgan fingerprint density at radius 3 is 2.60 bits per heavy atom. The van der Waals surface area contributed by atoms with Gasteiger partial charge < -0.3 is 14.7 Å². The number of hydrogen-bond donors (Lipinski definition) is 1. The van der Waals surface area contributed by atoms with Crippen LogP contribution in [0.3, 0.4) is 0 Å². The fourth-order valence-corrected chi connectivity index (χ4v) is 2.24. The molecule has 0 saturated carbocycles. The highest BCUT2D eigenvalue weighted by atomic mass is 16.5. The second-order valence-electron chi connectivity index (χ2n) is 4.98. The van der Waals surface area contributed by atoms with Crippen LogP contribution in [0.15, 0.2) is 24.3 Å². The lowest BCUT2D eigenvalue weighted by atomic mass is 10.1. The first-order valence-corrected chi connectivity index (χ1v) is 6.87. The fourth-order valence-electron chi connectivity index (χ4n) is 2.24. The second-order valence-corrected chi connectivity index (χ2v) is 4.98. The van der Waals surface area contributed by atoms with E-state index in [9.17, 15) is 9.59 Å². The van der Waals surface area contributed by atoms with E-state index < -0.39 is 12.1 Å². The van der Waals surface area contributed by atoms with Crippen molar-refractivity contribution in [2.45, 2.75) is 32.3 Å². The molecule has 1 aromatic rings. The Morgan fingerprint density at radius 2 is 1.95 bits per heavy atom. The summed E-state index contributed by atoms with van der Waals surface area (Å²) in [6.45, 7) is 3.03. The Kier molecular flexibility index (Phi) is 4.61. The minimum absolute atomic E-state index is 0.0156. The van der Waals surface area contributed by atoms with Crippen molar-refractivity contribution in [2.24, 2.45) is 0 Å². The molecule has 0 aliphatic carbocycles. The molecule has 2 rings (SSSR count). The van der Waals surface area contributed by atoms with Gasteiger partial charge in [-0.3, -0.25) is 4.79 Å². The van der Waals surface area contributed by atoms with Gasteiger partial charge in [0.15, 0.2) is 6.10 Å². The largest absolute Gasteiger partial charge is 0.479 e. The number of carboxylic acids is 1. The van der Waals surface area contributed by atoms with Crippen LogP contribution in [0.4, 0.5) is 0 Å². The smallest absolute Gasteiger partial charge is 0.344 e. The van der Waals surface area contributed by atoms with Crippen LogP contribution in [0, 0.1) is 0 Å². The molecule has 1 unspecified atom stereocenters. The van der Waals surface area contributed by atoms with Crippen LogP contribution in [0.5, 0.6) is 5.75 Å². The Hall–Kier alpha value is -2.04. The summed E-state index contributed by atoms with van der Waals surface area (Å²) in [6.07, 6.45) is 2.31. The summed E-state index contributed by atoms with van der Waals surface area (Å²) in [6, 6.07) is 6.71. The minimum Gasteiger partial charge on any atom is -0.479 e. The van der Waals surface area contributed by atoms with Crippen LogP contribution in [0.2, 0.25) is 0 Å². The van der Waals surface area contributed by atoms with Crippen molar-refractivity contribution in [1.29, 1.82) is 0 Å². The predicted octanol–water partition coefficient (Wildman–Crippen LogP) is 2.16. The summed E-state index contributed by atoms with van der Waals surface area (Å²) in [5.74, 6) is -0.640. The van der Waals surface area contributed by atoms with Crippen molar-refractivity contribution >= 4 is 11.9 Å². The van der Waals surface area contributed by atoms with Gasteiger partial charge in [0.05, 0.1) is 0 Å². The first-order chi connectivity index (χ1) is 9.58. The molecule has 1 aliphatic heterocycles. The van der Waals surface area contributed by atoms with Gasteiger partial charge in [-0.1, -0.05) is 6.07 Å². The van der Waals surface area contributed by atoms with Crippen molar-refractivity contribution in [3.05, 3.63) is 29.8 Å². The number of ether oxygens (including phenoxy) is 1. The molecule has 0 bridgehead atoms. The Balaban J connectivity index is 2.08. The summed E-state index contributed by atoms with van der Waals surface area (Å²) >= 11 is 0. The highest BCUT2D eigenvalue weighted by Crippen LogP contribution is 2.18. The van der Waals surface area contributed by atoms with E-state index in [-0.39, 0.29) is 5.91 Å². The van der Waals surface area contributed by atoms with E-state index >= 15 is 0 Å². The molecule has 5 nitrogen and oxygen atoms in total. The van der Waals surface area contributed by atoms with E-state index in [1.165, 1.54) is 13.3 Å². The molecule has 5 heteroatoms. The molecule has 0 aromatic heterocycles. The molecular weight excluding hydrogens is 258 g/mol. The predicted molar refractivity (Wildman–Crippen MR) is 73.9 cm³/mol. The number of carbonyl (C=O) groups is 2. The maximum absolute atomic E-state index is 12.3.